The lowest BCUT2D eigenvalue weighted by Crippen LogP contribution is -2.28. The summed E-state index contributed by atoms with van der Waals surface area (Å²) in [5.41, 5.74) is 1.59. The first-order valence-electron chi connectivity index (χ1n) is 7.67. The van der Waals surface area contributed by atoms with E-state index < -0.39 is 9.84 Å². The van der Waals surface area contributed by atoms with Gasteiger partial charge in [-0.25, -0.2) is 8.42 Å². The molecule has 2 aromatic heterocycles. The van der Waals surface area contributed by atoms with Gasteiger partial charge in [0.25, 0.3) is 0 Å². The van der Waals surface area contributed by atoms with E-state index >= 15 is 0 Å². The Labute approximate surface area is 130 Å². The van der Waals surface area contributed by atoms with Crippen molar-refractivity contribution in [1.82, 2.24) is 20.0 Å². The van der Waals surface area contributed by atoms with Crippen LogP contribution in [0, 0.1) is 0 Å². The minimum absolute atomic E-state index is 0.132. The van der Waals surface area contributed by atoms with E-state index in [1.807, 2.05) is 12.1 Å². The standard InChI is InChI=1S/C15H20N4O2S/c20-22(21,14-6-2-1-3-7-14)10-9-19-12-15(17-18-19)13-5-4-8-16-11-13/h4-5,8,11-12,14H,1-3,6-7,9-10H2. The van der Waals surface area contributed by atoms with Crippen LogP contribution in [0.1, 0.15) is 32.1 Å². The highest BCUT2D eigenvalue weighted by atomic mass is 32.2. The zero-order valence-corrected chi connectivity index (χ0v) is 13.2. The predicted octanol–water partition coefficient (Wildman–Crippen LogP) is 2.09. The largest absolute Gasteiger partial charge is 0.264 e. The normalized spacial score (nSPS) is 16.7. The zero-order chi connectivity index (χ0) is 15.4. The Kier molecular flexibility index (Phi) is 4.52. The van der Waals surface area contributed by atoms with Gasteiger partial charge in [-0.3, -0.25) is 9.67 Å². The summed E-state index contributed by atoms with van der Waals surface area (Å²) in [6.45, 7) is 0.353. The smallest absolute Gasteiger partial charge is 0.154 e. The first-order chi connectivity index (χ1) is 10.6. The first-order valence-corrected chi connectivity index (χ1v) is 9.39. The lowest BCUT2D eigenvalue weighted by Gasteiger charge is -2.21. The maximum Gasteiger partial charge on any atom is 0.154 e. The van der Waals surface area contributed by atoms with Crippen molar-refractivity contribution < 1.29 is 8.42 Å². The van der Waals surface area contributed by atoms with E-state index in [-0.39, 0.29) is 11.0 Å². The van der Waals surface area contributed by atoms with Crippen LogP contribution < -0.4 is 0 Å². The van der Waals surface area contributed by atoms with Gasteiger partial charge in [-0.05, 0) is 25.0 Å². The van der Waals surface area contributed by atoms with Gasteiger partial charge in [0, 0.05) is 18.0 Å². The molecule has 0 saturated heterocycles. The average Bonchev–Trinajstić information content (AvgIpc) is 3.04. The minimum Gasteiger partial charge on any atom is -0.264 e. The molecule has 1 fully saturated rings. The highest BCUT2D eigenvalue weighted by Crippen LogP contribution is 2.24. The second-order valence-corrected chi connectivity index (χ2v) is 8.14. The van der Waals surface area contributed by atoms with E-state index in [9.17, 15) is 8.42 Å². The Hall–Kier alpha value is -1.76. The number of aromatic nitrogens is 4. The van der Waals surface area contributed by atoms with E-state index in [1.54, 1.807) is 23.3 Å². The number of sulfone groups is 1. The molecule has 7 heteroatoms. The van der Waals surface area contributed by atoms with E-state index in [2.05, 4.69) is 15.3 Å². The van der Waals surface area contributed by atoms with Crippen LogP contribution in [0.15, 0.2) is 30.7 Å². The zero-order valence-electron chi connectivity index (χ0n) is 12.4. The third-order valence-corrected chi connectivity index (χ3v) is 6.40. The average molecular weight is 320 g/mol. The van der Waals surface area contributed by atoms with Crippen molar-refractivity contribution in [3.8, 4) is 11.3 Å². The van der Waals surface area contributed by atoms with Crippen LogP contribution in [0.3, 0.4) is 0 Å². The first kappa shape index (κ1) is 15.1. The number of hydrogen-bond acceptors (Lipinski definition) is 5. The molecule has 0 aliphatic heterocycles. The third kappa shape index (κ3) is 3.52. The molecule has 0 N–H and O–H groups in total. The molecule has 2 heterocycles. The highest BCUT2D eigenvalue weighted by Gasteiger charge is 2.26. The molecule has 118 valence electrons. The van der Waals surface area contributed by atoms with E-state index in [0.29, 0.717) is 12.2 Å². The highest BCUT2D eigenvalue weighted by molar-refractivity contribution is 7.92. The molecular formula is C15H20N4O2S. The van der Waals surface area contributed by atoms with Crippen LogP contribution in [0.4, 0.5) is 0 Å². The quantitative estimate of drug-likeness (QED) is 0.843. The lowest BCUT2D eigenvalue weighted by molar-refractivity contribution is 0.480. The van der Waals surface area contributed by atoms with Gasteiger partial charge in [0.1, 0.15) is 5.69 Å². The Morgan fingerprint density at radius 3 is 2.77 bits per heavy atom. The topological polar surface area (TPSA) is 77.7 Å². The number of rotatable bonds is 5. The fourth-order valence-electron chi connectivity index (χ4n) is 2.87. The van der Waals surface area contributed by atoms with E-state index in [0.717, 1.165) is 37.7 Å². The molecule has 3 rings (SSSR count). The number of pyridine rings is 1. The monoisotopic (exact) mass is 320 g/mol. The second-order valence-electron chi connectivity index (χ2n) is 5.74. The van der Waals surface area contributed by atoms with Gasteiger partial charge in [0.15, 0.2) is 9.84 Å². The molecule has 1 saturated carbocycles. The van der Waals surface area contributed by atoms with Crippen LogP contribution >= 0.6 is 0 Å². The summed E-state index contributed by atoms with van der Waals surface area (Å²) in [6.07, 6.45) is 10.0. The molecule has 22 heavy (non-hydrogen) atoms. The summed E-state index contributed by atoms with van der Waals surface area (Å²) in [5, 5.41) is 7.93. The summed E-state index contributed by atoms with van der Waals surface area (Å²) in [4.78, 5) is 4.04. The van der Waals surface area contributed by atoms with E-state index in [4.69, 9.17) is 0 Å². The van der Waals surface area contributed by atoms with Crippen molar-refractivity contribution in [2.24, 2.45) is 0 Å². The fourth-order valence-corrected chi connectivity index (χ4v) is 4.69. The molecule has 0 bridgehead atoms. The summed E-state index contributed by atoms with van der Waals surface area (Å²) < 4.78 is 26.3. The number of aryl methyl sites for hydroxylation is 1. The van der Waals surface area contributed by atoms with Gasteiger partial charge < -0.3 is 0 Å². The van der Waals surface area contributed by atoms with Gasteiger partial charge >= 0.3 is 0 Å². The maximum atomic E-state index is 12.4. The second kappa shape index (κ2) is 6.56. The van der Waals surface area contributed by atoms with Crippen molar-refractivity contribution in [2.75, 3.05) is 5.75 Å². The van der Waals surface area contributed by atoms with Crippen LogP contribution in [0.25, 0.3) is 11.3 Å². The van der Waals surface area contributed by atoms with Gasteiger partial charge in [-0.2, -0.15) is 0 Å². The SMILES string of the molecule is O=S(=O)(CCn1cc(-c2cccnc2)nn1)C1CCCCC1. The fraction of sp³-hybridized carbons (Fsp3) is 0.533. The summed E-state index contributed by atoms with van der Waals surface area (Å²) in [7, 11) is -3.04. The predicted molar refractivity (Wildman–Crippen MR) is 83.9 cm³/mol. The molecule has 0 radical (unpaired) electrons. The third-order valence-electron chi connectivity index (χ3n) is 4.16. The summed E-state index contributed by atoms with van der Waals surface area (Å²) in [6, 6.07) is 3.74. The Morgan fingerprint density at radius 2 is 2.05 bits per heavy atom. The van der Waals surface area contributed by atoms with Crippen LogP contribution in [-0.4, -0.2) is 39.4 Å². The van der Waals surface area contributed by atoms with Gasteiger partial charge in [0.2, 0.25) is 0 Å². The molecule has 1 aliphatic carbocycles. The molecular weight excluding hydrogens is 300 g/mol. The summed E-state index contributed by atoms with van der Waals surface area (Å²) >= 11 is 0. The van der Waals surface area contributed by atoms with Crippen LogP contribution in [0.2, 0.25) is 0 Å². The number of hydrogen-bond donors (Lipinski definition) is 0. The maximum absolute atomic E-state index is 12.4. The molecule has 0 spiro atoms. The van der Waals surface area contributed by atoms with Crippen molar-refractivity contribution in [3.63, 3.8) is 0 Å². The molecule has 0 unspecified atom stereocenters. The molecule has 0 atom stereocenters. The van der Waals surface area contributed by atoms with Crippen molar-refractivity contribution >= 4 is 9.84 Å². The molecule has 2 aromatic rings. The molecule has 1 aliphatic rings. The van der Waals surface area contributed by atoms with Crippen LogP contribution in [-0.2, 0) is 16.4 Å². The molecule has 0 amide bonds. The summed E-state index contributed by atoms with van der Waals surface area (Å²) in [5.74, 6) is 0.132. The molecule has 0 aromatic carbocycles. The van der Waals surface area contributed by atoms with Gasteiger partial charge in [0.05, 0.1) is 23.7 Å². The minimum atomic E-state index is -3.04. The van der Waals surface area contributed by atoms with Crippen molar-refractivity contribution in [1.29, 1.82) is 0 Å². The number of nitrogens with zero attached hydrogens (tertiary/aromatic N) is 4. The van der Waals surface area contributed by atoms with Gasteiger partial charge in [-0.1, -0.05) is 24.5 Å². The van der Waals surface area contributed by atoms with Crippen molar-refractivity contribution in [2.45, 2.75) is 43.9 Å². The lowest BCUT2D eigenvalue weighted by atomic mass is 10.0. The Bertz CT molecular complexity index is 706. The Morgan fingerprint density at radius 1 is 1.23 bits per heavy atom. The van der Waals surface area contributed by atoms with Crippen LogP contribution in [0.5, 0.6) is 0 Å². The van der Waals surface area contributed by atoms with E-state index in [1.165, 1.54) is 0 Å². The Balaban J connectivity index is 1.63. The van der Waals surface area contributed by atoms with Crippen molar-refractivity contribution in [3.05, 3.63) is 30.7 Å². The van der Waals surface area contributed by atoms with Gasteiger partial charge in [-0.15, -0.1) is 5.10 Å². The molecule has 6 nitrogen and oxygen atoms in total.